The van der Waals surface area contributed by atoms with E-state index in [2.05, 4.69) is 97.9 Å². The second kappa shape index (κ2) is 9.37. The van der Waals surface area contributed by atoms with E-state index in [1.807, 2.05) is 12.1 Å². The second-order valence-electron chi connectivity index (χ2n) is 8.87. The van der Waals surface area contributed by atoms with Crippen LogP contribution in [0.4, 0.5) is 0 Å². The molecule has 0 spiro atoms. The predicted molar refractivity (Wildman–Crippen MR) is 141 cm³/mol. The lowest BCUT2D eigenvalue weighted by atomic mass is 10.1. The van der Waals surface area contributed by atoms with Gasteiger partial charge in [0.1, 0.15) is 23.2 Å². The first-order chi connectivity index (χ1) is 16.6. The van der Waals surface area contributed by atoms with E-state index >= 15 is 0 Å². The van der Waals surface area contributed by atoms with Gasteiger partial charge < -0.3 is 0 Å². The van der Waals surface area contributed by atoms with Crippen LogP contribution in [0.5, 0.6) is 0 Å². The number of carbonyl (C=O) groups is 2. The molecule has 0 unspecified atom stereocenters. The Balaban J connectivity index is 1.56. The van der Waals surface area contributed by atoms with Crippen molar-refractivity contribution in [1.82, 2.24) is 4.90 Å². The van der Waals surface area contributed by atoms with E-state index in [0.717, 1.165) is 6.16 Å². The van der Waals surface area contributed by atoms with Crippen molar-refractivity contribution in [2.75, 3.05) is 12.7 Å². The molecule has 0 N–H and O–H groups in total. The first kappa shape index (κ1) is 22.3. The van der Waals surface area contributed by atoms with Gasteiger partial charge in [0.05, 0.1) is 17.3 Å². The Hall–Kier alpha value is -3.55. The van der Waals surface area contributed by atoms with Gasteiger partial charge in [-0.2, -0.15) is 0 Å². The third-order valence-electron chi connectivity index (χ3n) is 6.55. The summed E-state index contributed by atoms with van der Waals surface area (Å²) in [7, 11) is -2.03. The molecule has 0 saturated heterocycles. The maximum absolute atomic E-state index is 13.0. The molecular formula is C30H27NO2P+. The monoisotopic (exact) mass is 464 g/mol. The molecule has 3 nitrogen and oxygen atoms in total. The van der Waals surface area contributed by atoms with Gasteiger partial charge in [0.2, 0.25) is 0 Å². The molecule has 4 heteroatoms. The Kier molecular flexibility index (Phi) is 6.13. The van der Waals surface area contributed by atoms with Crippen LogP contribution in [0.3, 0.4) is 0 Å². The fraction of sp³-hybridized carbons (Fsp3) is 0.133. The average Bonchev–Trinajstić information content (AvgIpc) is 3.14. The fourth-order valence-corrected chi connectivity index (χ4v) is 9.67. The molecule has 4 aromatic rings. The first-order valence-corrected chi connectivity index (χ1v) is 13.6. The number of amides is 2. The van der Waals surface area contributed by atoms with Crippen molar-refractivity contribution < 1.29 is 9.59 Å². The van der Waals surface area contributed by atoms with Crippen LogP contribution in [0, 0.1) is 5.92 Å². The Morgan fingerprint density at radius 2 is 0.941 bits per heavy atom. The van der Waals surface area contributed by atoms with Crippen molar-refractivity contribution >= 4 is 35.0 Å². The largest absolute Gasteiger partial charge is 0.274 e. The summed E-state index contributed by atoms with van der Waals surface area (Å²) in [5, 5.41) is 3.92. The predicted octanol–water partition coefficient (Wildman–Crippen LogP) is 4.91. The van der Waals surface area contributed by atoms with Crippen molar-refractivity contribution in [2.45, 2.75) is 6.92 Å². The van der Waals surface area contributed by atoms with Crippen molar-refractivity contribution in [3.63, 3.8) is 0 Å². The summed E-state index contributed by atoms with van der Waals surface area (Å²) in [6.45, 7) is 2.56. The lowest BCUT2D eigenvalue weighted by Gasteiger charge is -2.31. The summed E-state index contributed by atoms with van der Waals surface area (Å²) in [4.78, 5) is 27.5. The summed E-state index contributed by atoms with van der Waals surface area (Å²) in [5.74, 6) is -0.262. The lowest BCUT2D eigenvalue weighted by molar-refractivity contribution is 0.0637. The van der Waals surface area contributed by atoms with Gasteiger partial charge in [0.15, 0.2) is 0 Å². The molecule has 0 bridgehead atoms. The van der Waals surface area contributed by atoms with Crippen molar-refractivity contribution in [3.8, 4) is 0 Å². The average molecular weight is 465 g/mol. The number of fused-ring (bicyclic) bond motifs is 1. The molecule has 0 saturated carbocycles. The molecule has 2 amide bonds. The minimum Gasteiger partial charge on any atom is -0.274 e. The highest BCUT2D eigenvalue weighted by Crippen LogP contribution is 2.56. The summed E-state index contributed by atoms with van der Waals surface area (Å²) < 4.78 is 0. The third-order valence-corrected chi connectivity index (χ3v) is 11.3. The minimum absolute atomic E-state index is 0.108. The molecule has 168 valence electrons. The molecule has 5 rings (SSSR count). The highest BCUT2D eigenvalue weighted by Gasteiger charge is 2.47. The van der Waals surface area contributed by atoms with Gasteiger partial charge in [-0.3, -0.25) is 14.5 Å². The SMILES string of the molecule is C[C@@H](CN1C(=O)c2ccccc2C1=O)C[P+](c1ccccc1)(c1ccccc1)c1ccccc1. The van der Waals surface area contributed by atoms with E-state index in [0.29, 0.717) is 17.7 Å². The van der Waals surface area contributed by atoms with E-state index in [4.69, 9.17) is 0 Å². The zero-order valence-corrected chi connectivity index (χ0v) is 20.1. The van der Waals surface area contributed by atoms with Crippen molar-refractivity contribution in [3.05, 3.63) is 126 Å². The molecule has 0 radical (unpaired) electrons. The van der Waals surface area contributed by atoms with Crippen molar-refractivity contribution in [1.29, 1.82) is 0 Å². The van der Waals surface area contributed by atoms with Crippen LogP contribution in [-0.4, -0.2) is 29.4 Å². The van der Waals surface area contributed by atoms with Gasteiger partial charge in [-0.1, -0.05) is 73.7 Å². The van der Waals surface area contributed by atoms with Crippen LogP contribution in [-0.2, 0) is 0 Å². The Morgan fingerprint density at radius 3 is 1.32 bits per heavy atom. The molecule has 0 fully saturated rings. The first-order valence-electron chi connectivity index (χ1n) is 11.6. The minimum atomic E-state index is -2.03. The molecule has 0 aromatic heterocycles. The summed E-state index contributed by atoms with van der Waals surface area (Å²) in [6, 6.07) is 39.2. The number of carbonyl (C=O) groups excluding carboxylic acids is 2. The van der Waals surface area contributed by atoms with Crippen LogP contribution >= 0.6 is 7.26 Å². The zero-order valence-electron chi connectivity index (χ0n) is 19.2. The van der Waals surface area contributed by atoms with E-state index in [9.17, 15) is 9.59 Å². The Bertz CT molecular complexity index is 1170. The topological polar surface area (TPSA) is 37.4 Å². The number of hydrogen-bond donors (Lipinski definition) is 0. The van der Waals surface area contributed by atoms with Crippen molar-refractivity contribution in [2.24, 2.45) is 5.92 Å². The zero-order chi connectivity index (χ0) is 23.5. The standard InChI is InChI=1S/C30H27NO2P/c1-23(21-31-29(32)27-19-11-12-20-28(27)30(31)33)22-34(24-13-5-2-6-14-24,25-15-7-3-8-16-25)26-17-9-4-10-18-26/h2-20,23H,21-22H2,1H3/q+1/t23-/m0/s1. The molecule has 1 atom stereocenters. The number of benzene rings is 4. The van der Waals surface area contributed by atoms with E-state index < -0.39 is 7.26 Å². The Morgan fingerprint density at radius 1 is 0.588 bits per heavy atom. The van der Waals surface area contributed by atoms with E-state index in [-0.39, 0.29) is 17.7 Å². The maximum atomic E-state index is 13.0. The van der Waals surface area contributed by atoms with E-state index in [1.165, 1.54) is 20.8 Å². The quantitative estimate of drug-likeness (QED) is 0.288. The number of imide groups is 1. The molecule has 1 heterocycles. The molecule has 34 heavy (non-hydrogen) atoms. The molecule has 4 aromatic carbocycles. The molecule has 0 aliphatic carbocycles. The van der Waals surface area contributed by atoms with Crippen LogP contribution in [0.15, 0.2) is 115 Å². The fourth-order valence-electron chi connectivity index (χ4n) is 5.05. The summed E-state index contributed by atoms with van der Waals surface area (Å²) in [5.41, 5.74) is 1.02. The number of nitrogens with zero attached hydrogens (tertiary/aromatic N) is 1. The van der Waals surface area contributed by atoms with Crippen LogP contribution in [0.2, 0.25) is 0 Å². The highest BCUT2D eigenvalue weighted by molar-refractivity contribution is 7.95. The summed E-state index contributed by atoms with van der Waals surface area (Å²) >= 11 is 0. The molecular weight excluding hydrogens is 437 g/mol. The maximum Gasteiger partial charge on any atom is 0.261 e. The summed E-state index contributed by atoms with van der Waals surface area (Å²) in [6.07, 6.45) is 0.860. The van der Waals surface area contributed by atoms with Gasteiger partial charge in [-0.15, -0.1) is 0 Å². The van der Waals surface area contributed by atoms with E-state index in [1.54, 1.807) is 12.1 Å². The lowest BCUT2D eigenvalue weighted by Crippen LogP contribution is -2.39. The smallest absolute Gasteiger partial charge is 0.261 e. The van der Waals surface area contributed by atoms with Crippen LogP contribution in [0.25, 0.3) is 0 Å². The van der Waals surface area contributed by atoms with Gasteiger partial charge in [0.25, 0.3) is 11.8 Å². The second-order valence-corrected chi connectivity index (χ2v) is 12.4. The normalized spacial score (nSPS) is 14.2. The van der Waals surface area contributed by atoms with Gasteiger partial charge >= 0.3 is 0 Å². The molecule has 1 aliphatic rings. The van der Waals surface area contributed by atoms with Gasteiger partial charge in [-0.05, 0) is 48.5 Å². The van der Waals surface area contributed by atoms with Gasteiger partial charge in [-0.25, -0.2) is 0 Å². The third kappa shape index (κ3) is 3.87. The highest BCUT2D eigenvalue weighted by atomic mass is 31.2. The molecule has 1 aliphatic heterocycles. The van der Waals surface area contributed by atoms with Crippen LogP contribution in [0.1, 0.15) is 27.6 Å². The van der Waals surface area contributed by atoms with Crippen LogP contribution < -0.4 is 15.9 Å². The van der Waals surface area contributed by atoms with Gasteiger partial charge in [0, 0.05) is 12.5 Å². The Labute approximate surface area is 201 Å². The number of hydrogen-bond acceptors (Lipinski definition) is 2. The number of rotatable bonds is 7.